The van der Waals surface area contributed by atoms with Crippen molar-refractivity contribution in [3.8, 4) is 0 Å². The van der Waals surface area contributed by atoms with Gasteiger partial charge in [-0.3, -0.25) is 4.79 Å². The summed E-state index contributed by atoms with van der Waals surface area (Å²) in [4.78, 5) is 15.4. The van der Waals surface area contributed by atoms with Crippen molar-refractivity contribution in [1.29, 1.82) is 0 Å². The number of likely N-dealkylation sites (tertiary alicyclic amines) is 1. The van der Waals surface area contributed by atoms with Crippen LogP contribution < -0.4 is 0 Å². The van der Waals surface area contributed by atoms with E-state index in [0.717, 1.165) is 30.9 Å². The Kier molecular flexibility index (Phi) is 5.53. The number of benzene rings is 1. The molecule has 3 nitrogen and oxygen atoms in total. The first-order valence-corrected chi connectivity index (χ1v) is 11.4. The van der Waals surface area contributed by atoms with Crippen molar-refractivity contribution in [2.24, 2.45) is 5.92 Å². The second kappa shape index (κ2) is 7.93. The summed E-state index contributed by atoms with van der Waals surface area (Å²) in [7, 11) is 0. The summed E-state index contributed by atoms with van der Waals surface area (Å²) in [6.45, 7) is 9.98. The molecule has 0 radical (unpaired) electrons. The molecule has 2 fully saturated rings. The van der Waals surface area contributed by atoms with Gasteiger partial charge in [0, 0.05) is 40.8 Å². The highest BCUT2D eigenvalue weighted by Gasteiger charge is 2.30. The molecule has 2 unspecified atom stereocenters. The molecule has 3 heteroatoms. The quantitative estimate of drug-likeness (QED) is 0.618. The molecule has 152 valence electrons. The fourth-order valence-electron chi connectivity index (χ4n) is 5.62. The number of nitrogens with zero attached hydrogens (tertiary/aromatic N) is 2. The van der Waals surface area contributed by atoms with Crippen molar-refractivity contribution in [3.63, 3.8) is 0 Å². The van der Waals surface area contributed by atoms with E-state index < -0.39 is 0 Å². The average molecular weight is 381 g/mol. The molecule has 2 atom stereocenters. The monoisotopic (exact) mass is 380 g/mol. The van der Waals surface area contributed by atoms with Crippen LogP contribution in [0.5, 0.6) is 0 Å². The molecule has 0 spiro atoms. The summed E-state index contributed by atoms with van der Waals surface area (Å²) >= 11 is 0. The maximum atomic E-state index is 13.3. The van der Waals surface area contributed by atoms with Gasteiger partial charge >= 0.3 is 0 Å². The van der Waals surface area contributed by atoms with Crippen molar-refractivity contribution < 1.29 is 4.79 Å². The minimum Gasteiger partial charge on any atom is -0.344 e. The molecule has 1 saturated carbocycles. The predicted molar refractivity (Wildman–Crippen MR) is 117 cm³/mol. The minimum absolute atomic E-state index is 0.207. The van der Waals surface area contributed by atoms with Crippen molar-refractivity contribution >= 4 is 16.8 Å². The number of aryl methyl sites for hydroxylation is 1. The van der Waals surface area contributed by atoms with E-state index in [1.54, 1.807) is 0 Å². The second-order valence-electron chi connectivity index (χ2n) is 9.40. The molecule has 1 aromatic carbocycles. The van der Waals surface area contributed by atoms with Crippen LogP contribution in [0.25, 0.3) is 10.9 Å². The topological polar surface area (TPSA) is 25.2 Å². The fraction of sp³-hybridized carbons (Fsp3) is 0.640. The maximum Gasteiger partial charge on any atom is 0.254 e. The molecule has 1 amide bonds. The third-order valence-corrected chi connectivity index (χ3v) is 7.48. The average Bonchev–Trinajstić information content (AvgIpc) is 2.93. The van der Waals surface area contributed by atoms with Gasteiger partial charge in [-0.05, 0) is 89.5 Å². The number of piperidine rings is 1. The van der Waals surface area contributed by atoms with Crippen LogP contribution in [0.3, 0.4) is 0 Å². The Morgan fingerprint density at radius 3 is 2.32 bits per heavy atom. The lowest BCUT2D eigenvalue weighted by molar-refractivity contribution is 0.0511. The summed E-state index contributed by atoms with van der Waals surface area (Å²) < 4.78 is 2.51. The minimum atomic E-state index is 0.207. The van der Waals surface area contributed by atoms with E-state index in [2.05, 4.69) is 55.4 Å². The van der Waals surface area contributed by atoms with Gasteiger partial charge in [-0.15, -0.1) is 0 Å². The summed E-state index contributed by atoms with van der Waals surface area (Å²) in [6, 6.07) is 7.10. The van der Waals surface area contributed by atoms with Crippen LogP contribution >= 0.6 is 0 Å². The Morgan fingerprint density at radius 2 is 1.64 bits per heavy atom. The number of rotatable bonds is 3. The molecule has 1 saturated heterocycles. The highest BCUT2D eigenvalue weighted by Crippen LogP contribution is 2.32. The van der Waals surface area contributed by atoms with Crippen LogP contribution in [-0.2, 0) is 6.54 Å². The Labute approximate surface area is 170 Å². The van der Waals surface area contributed by atoms with Crippen molar-refractivity contribution in [2.45, 2.75) is 97.7 Å². The number of hydrogen-bond donors (Lipinski definition) is 0. The van der Waals surface area contributed by atoms with Gasteiger partial charge in [0.2, 0.25) is 0 Å². The van der Waals surface area contributed by atoms with E-state index in [1.165, 1.54) is 60.7 Å². The molecule has 1 aliphatic carbocycles. The number of carbonyl (C=O) groups is 1. The first kappa shape index (κ1) is 19.5. The van der Waals surface area contributed by atoms with Gasteiger partial charge in [0.15, 0.2) is 0 Å². The first-order chi connectivity index (χ1) is 13.5. The zero-order valence-electron chi connectivity index (χ0n) is 18.1. The summed E-state index contributed by atoms with van der Waals surface area (Å²) in [5, 5.41) is 1.26. The molecule has 1 aliphatic heterocycles. The van der Waals surface area contributed by atoms with Gasteiger partial charge in [-0.1, -0.05) is 19.3 Å². The van der Waals surface area contributed by atoms with Gasteiger partial charge < -0.3 is 9.47 Å². The van der Waals surface area contributed by atoms with Crippen LogP contribution in [0.4, 0.5) is 0 Å². The Bertz CT molecular complexity index is 849. The number of amides is 1. The highest BCUT2D eigenvalue weighted by atomic mass is 16.2. The second-order valence-corrected chi connectivity index (χ2v) is 9.40. The zero-order valence-corrected chi connectivity index (χ0v) is 18.1. The van der Waals surface area contributed by atoms with E-state index in [9.17, 15) is 4.79 Å². The van der Waals surface area contributed by atoms with Crippen LogP contribution in [0.1, 0.15) is 86.8 Å². The molecular weight excluding hydrogens is 344 g/mol. The summed E-state index contributed by atoms with van der Waals surface area (Å²) in [5.74, 6) is 1.01. The summed E-state index contributed by atoms with van der Waals surface area (Å²) in [6.07, 6.45) is 10.4. The smallest absolute Gasteiger partial charge is 0.254 e. The van der Waals surface area contributed by atoms with Gasteiger partial charge in [-0.2, -0.15) is 0 Å². The predicted octanol–water partition coefficient (Wildman–Crippen LogP) is 6.24. The molecule has 0 N–H and O–H groups in total. The molecule has 2 aromatic rings. The number of carbonyl (C=O) groups excluding carboxylic acids is 1. The van der Waals surface area contributed by atoms with E-state index in [0.29, 0.717) is 12.1 Å². The van der Waals surface area contributed by atoms with Gasteiger partial charge in [-0.25, -0.2) is 0 Å². The van der Waals surface area contributed by atoms with Gasteiger partial charge in [0.05, 0.1) is 0 Å². The summed E-state index contributed by atoms with van der Waals surface area (Å²) in [5.41, 5.74) is 4.85. The van der Waals surface area contributed by atoms with E-state index in [1.807, 2.05) is 0 Å². The lowest BCUT2D eigenvalue weighted by Gasteiger charge is -2.39. The Balaban J connectivity index is 1.65. The SMILES string of the molecule is Cc1c(C)n(CC2CCCCC2)c2ccc(C(=O)N3C(C)CCCC3C)cc12. The highest BCUT2D eigenvalue weighted by molar-refractivity contribution is 5.99. The third-order valence-electron chi connectivity index (χ3n) is 7.48. The Hall–Kier alpha value is -1.77. The molecule has 28 heavy (non-hydrogen) atoms. The Morgan fingerprint density at radius 1 is 0.964 bits per heavy atom. The van der Waals surface area contributed by atoms with Gasteiger partial charge in [0.1, 0.15) is 0 Å². The molecular formula is C25H36N2O. The van der Waals surface area contributed by atoms with Crippen molar-refractivity contribution in [3.05, 3.63) is 35.0 Å². The third kappa shape index (κ3) is 3.49. The number of hydrogen-bond acceptors (Lipinski definition) is 1. The molecule has 0 bridgehead atoms. The lowest BCUT2D eigenvalue weighted by Crippen LogP contribution is -2.47. The van der Waals surface area contributed by atoms with Gasteiger partial charge in [0.25, 0.3) is 5.91 Å². The molecule has 4 rings (SSSR count). The maximum absolute atomic E-state index is 13.3. The van der Waals surface area contributed by atoms with Crippen molar-refractivity contribution in [1.82, 2.24) is 9.47 Å². The van der Waals surface area contributed by atoms with Crippen LogP contribution in [0.15, 0.2) is 18.2 Å². The first-order valence-electron chi connectivity index (χ1n) is 11.4. The fourth-order valence-corrected chi connectivity index (χ4v) is 5.62. The normalized spacial score (nSPS) is 24.1. The number of aromatic nitrogens is 1. The van der Waals surface area contributed by atoms with E-state index in [-0.39, 0.29) is 5.91 Å². The molecule has 1 aromatic heterocycles. The van der Waals surface area contributed by atoms with Crippen LogP contribution in [-0.4, -0.2) is 27.5 Å². The molecule has 2 aliphatic rings. The molecule has 2 heterocycles. The van der Waals surface area contributed by atoms with E-state index >= 15 is 0 Å². The zero-order chi connectivity index (χ0) is 19.8. The van der Waals surface area contributed by atoms with E-state index in [4.69, 9.17) is 0 Å². The largest absolute Gasteiger partial charge is 0.344 e. The van der Waals surface area contributed by atoms with Crippen LogP contribution in [0.2, 0.25) is 0 Å². The number of fused-ring (bicyclic) bond motifs is 1. The van der Waals surface area contributed by atoms with Crippen molar-refractivity contribution in [2.75, 3.05) is 0 Å². The lowest BCUT2D eigenvalue weighted by atomic mass is 9.89. The standard InChI is InChI=1S/C25H36N2O/c1-17-9-8-10-18(2)27(17)25(28)22-13-14-24-23(15-22)19(3)20(4)26(24)16-21-11-6-5-7-12-21/h13-15,17-18,21H,5-12,16H2,1-4H3. The van der Waals surface area contributed by atoms with Crippen LogP contribution in [0, 0.1) is 19.8 Å².